The molecule has 1 aliphatic carbocycles. The largest absolute Gasteiger partial charge is 0.136 e. The quantitative estimate of drug-likeness (QED) is 0.286. The van der Waals surface area contributed by atoms with Gasteiger partial charge in [0, 0.05) is 5.41 Å². The highest BCUT2D eigenvalue weighted by Crippen LogP contribution is 2.71. The van der Waals surface area contributed by atoms with E-state index in [1.54, 1.807) is 0 Å². The summed E-state index contributed by atoms with van der Waals surface area (Å²) in [6.45, 7) is 4.64. The average Bonchev–Trinajstić information content (AvgIpc) is 3.48. The van der Waals surface area contributed by atoms with Crippen molar-refractivity contribution >= 4 is 34.5 Å². The molecule has 0 N–H and O–H groups in total. The van der Waals surface area contributed by atoms with E-state index in [1.807, 2.05) is 0 Å². The normalized spacial score (nSPS) is 21.2. The van der Waals surface area contributed by atoms with E-state index < -0.39 is 0 Å². The van der Waals surface area contributed by atoms with Gasteiger partial charge in [0.1, 0.15) is 0 Å². The summed E-state index contributed by atoms with van der Waals surface area (Å²) in [5.74, 6) is 0. The van der Waals surface area contributed by atoms with Crippen molar-refractivity contribution in [2.75, 3.05) is 0 Å². The minimum absolute atomic E-state index is 0.0938. The molecule has 2 heteroatoms. The van der Waals surface area contributed by atoms with Gasteiger partial charge in [-0.15, -0.1) is 11.8 Å². The molecule has 2 aliphatic heterocycles. The number of halogens is 1. The molecule has 3 aliphatic rings. The Balaban J connectivity index is 1.51. The predicted octanol–water partition coefficient (Wildman–Crippen LogP) is 9.10. The molecular formula is C31H23ClS. The molecule has 0 spiro atoms. The van der Waals surface area contributed by atoms with Crippen molar-refractivity contribution < 1.29 is 0 Å². The molecule has 0 aromatic heterocycles. The summed E-state index contributed by atoms with van der Waals surface area (Å²) in [6.07, 6.45) is 0. The van der Waals surface area contributed by atoms with Crippen LogP contribution in [0.4, 0.5) is 0 Å². The lowest BCUT2D eigenvalue weighted by molar-refractivity contribution is 0.659. The van der Waals surface area contributed by atoms with E-state index in [9.17, 15) is 0 Å². The van der Waals surface area contributed by atoms with E-state index in [0.717, 1.165) is 5.02 Å². The van der Waals surface area contributed by atoms with Gasteiger partial charge in [-0.1, -0.05) is 110 Å². The Morgan fingerprint density at radius 2 is 1.27 bits per heavy atom. The molecule has 33 heavy (non-hydrogen) atoms. The standard InChI is InChI=1S/C31H23ClS/c1-31(2)23-16-10-9-15-20(23)21-17-22-26(28(32)27(21)31)30-25(19-13-7-4-8-14-19)24(29(22)33-30)18-11-5-3-6-12-18/h3-17,29-30H,1-2H3. The Kier molecular flexibility index (Phi) is 4.11. The fraction of sp³-hybridized carbons (Fsp3) is 0.161. The summed E-state index contributed by atoms with van der Waals surface area (Å²) < 4.78 is 0. The lowest BCUT2D eigenvalue weighted by atomic mass is 9.76. The summed E-state index contributed by atoms with van der Waals surface area (Å²) in [4.78, 5) is 0. The van der Waals surface area contributed by atoms with Crippen LogP contribution in [0.25, 0.3) is 22.3 Å². The summed E-state index contributed by atoms with van der Waals surface area (Å²) in [5.41, 5.74) is 13.5. The zero-order valence-corrected chi connectivity index (χ0v) is 20.2. The number of thioether (sulfide) groups is 1. The smallest absolute Gasteiger partial charge is 0.0583 e. The molecule has 0 fully saturated rings. The molecule has 0 amide bonds. The minimum atomic E-state index is -0.0938. The molecule has 2 bridgehead atoms. The van der Waals surface area contributed by atoms with Gasteiger partial charge in [-0.2, -0.15) is 0 Å². The summed E-state index contributed by atoms with van der Waals surface area (Å²) in [6, 6.07) is 33.1. The Morgan fingerprint density at radius 3 is 1.94 bits per heavy atom. The molecule has 0 radical (unpaired) electrons. The minimum Gasteiger partial charge on any atom is -0.136 e. The lowest BCUT2D eigenvalue weighted by Gasteiger charge is -2.28. The summed E-state index contributed by atoms with van der Waals surface area (Å²) >= 11 is 9.43. The molecule has 2 unspecified atom stereocenters. The van der Waals surface area contributed by atoms with Crippen LogP contribution in [0.1, 0.15) is 57.7 Å². The van der Waals surface area contributed by atoms with Crippen LogP contribution in [0, 0.1) is 0 Å². The molecule has 7 rings (SSSR count). The van der Waals surface area contributed by atoms with Gasteiger partial charge >= 0.3 is 0 Å². The number of fused-ring (bicyclic) bond motifs is 8. The maximum absolute atomic E-state index is 7.38. The first kappa shape index (κ1) is 19.7. The van der Waals surface area contributed by atoms with E-state index in [2.05, 4.69) is 117 Å². The Morgan fingerprint density at radius 1 is 0.697 bits per heavy atom. The monoisotopic (exact) mass is 462 g/mol. The fourth-order valence-electron chi connectivity index (χ4n) is 6.23. The second kappa shape index (κ2) is 6.88. The Hall–Kier alpha value is -2.74. The highest BCUT2D eigenvalue weighted by molar-refractivity contribution is 8.01. The third-order valence-corrected chi connectivity index (χ3v) is 9.55. The second-order valence-electron chi connectivity index (χ2n) is 9.74. The van der Waals surface area contributed by atoms with E-state index in [0.29, 0.717) is 5.25 Å². The molecule has 0 saturated carbocycles. The Bertz CT molecular complexity index is 1460. The van der Waals surface area contributed by atoms with Gasteiger partial charge in [-0.25, -0.2) is 0 Å². The van der Waals surface area contributed by atoms with Crippen LogP contribution in [0.3, 0.4) is 0 Å². The van der Waals surface area contributed by atoms with Crippen LogP contribution in [0.2, 0.25) is 5.02 Å². The van der Waals surface area contributed by atoms with Crippen molar-refractivity contribution in [2.45, 2.75) is 29.8 Å². The zero-order chi connectivity index (χ0) is 22.3. The number of hydrogen-bond donors (Lipinski definition) is 0. The second-order valence-corrected chi connectivity index (χ2v) is 11.3. The number of hydrogen-bond acceptors (Lipinski definition) is 1. The van der Waals surface area contributed by atoms with Crippen LogP contribution >= 0.6 is 23.4 Å². The zero-order valence-electron chi connectivity index (χ0n) is 18.6. The fourth-order valence-corrected chi connectivity index (χ4v) is 8.66. The van der Waals surface area contributed by atoms with Crippen LogP contribution in [-0.4, -0.2) is 0 Å². The predicted molar refractivity (Wildman–Crippen MR) is 142 cm³/mol. The van der Waals surface area contributed by atoms with Gasteiger partial charge in [0.25, 0.3) is 0 Å². The van der Waals surface area contributed by atoms with Gasteiger partial charge < -0.3 is 0 Å². The van der Waals surface area contributed by atoms with E-state index in [4.69, 9.17) is 11.6 Å². The van der Waals surface area contributed by atoms with Crippen molar-refractivity contribution in [1.29, 1.82) is 0 Å². The highest BCUT2D eigenvalue weighted by atomic mass is 35.5. The summed E-state index contributed by atoms with van der Waals surface area (Å²) in [5, 5.41) is 1.55. The van der Waals surface area contributed by atoms with Crippen LogP contribution in [0.15, 0.2) is 91.0 Å². The van der Waals surface area contributed by atoms with Gasteiger partial charge in [-0.05, 0) is 61.7 Å². The third-order valence-electron chi connectivity index (χ3n) is 7.65. The molecule has 2 atom stereocenters. The van der Waals surface area contributed by atoms with E-state index in [-0.39, 0.29) is 10.7 Å². The molecule has 4 aromatic carbocycles. The van der Waals surface area contributed by atoms with E-state index >= 15 is 0 Å². The van der Waals surface area contributed by atoms with Gasteiger partial charge in [0.15, 0.2) is 0 Å². The molecule has 2 heterocycles. The number of rotatable bonds is 2. The van der Waals surface area contributed by atoms with Crippen LogP contribution in [-0.2, 0) is 5.41 Å². The molecule has 0 saturated heterocycles. The third kappa shape index (κ3) is 2.55. The molecule has 0 nitrogen and oxygen atoms in total. The maximum Gasteiger partial charge on any atom is 0.0583 e. The highest BCUT2D eigenvalue weighted by Gasteiger charge is 2.49. The van der Waals surface area contributed by atoms with Crippen molar-refractivity contribution in [3.8, 4) is 11.1 Å². The first-order valence-corrected chi connectivity index (χ1v) is 12.9. The van der Waals surface area contributed by atoms with Crippen LogP contribution in [0.5, 0.6) is 0 Å². The first-order valence-electron chi connectivity index (χ1n) is 11.5. The van der Waals surface area contributed by atoms with Gasteiger partial charge in [0.05, 0.1) is 15.5 Å². The molecule has 4 aromatic rings. The SMILES string of the molecule is CC1(C)c2ccccc2-c2cc3c(c(Cl)c21)C1SC3C(c2ccccc2)=C1c1ccccc1. The first-order chi connectivity index (χ1) is 16.1. The average molecular weight is 463 g/mol. The maximum atomic E-state index is 7.38. The van der Waals surface area contributed by atoms with Crippen molar-refractivity contribution in [1.82, 2.24) is 0 Å². The van der Waals surface area contributed by atoms with Crippen molar-refractivity contribution in [3.63, 3.8) is 0 Å². The lowest BCUT2D eigenvalue weighted by Crippen LogP contribution is -2.17. The van der Waals surface area contributed by atoms with Gasteiger partial charge in [0.2, 0.25) is 0 Å². The Labute approximate surface area is 204 Å². The van der Waals surface area contributed by atoms with Crippen molar-refractivity contribution in [3.05, 3.63) is 129 Å². The number of benzene rings is 4. The van der Waals surface area contributed by atoms with Gasteiger partial charge in [-0.3, -0.25) is 0 Å². The molecule has 160 valence electrons. The van der Waals surface area contributed by atoms with Crippen molar-refractivity contribution in [2.24, 2.45) is 0 Å². The van der Waals surface area contributed by atoms with Crippen LogP contribution < -0.4 is 0 Å². The molecular weight excluding hydrogens is 440 g/mol. The summed E-state index contributed by atoms with van der Waals surface area (Å²) in [7, 11) is 0. The topological polar surface area (TPSA) is 0 Å². The van der Waals surface area contributed by atoms with E-state index in [1.165, 1.54) is 55.7 Å².